The van der Waals surface area contributed by atoms with Crippen LogP contribution in [0.5, 0.6) is 0 Å². The second-order valence-corrected chi connectivity index (χ2v) is 2.82. The summed E-state index contributed by atoms with van der Waals surface area (Å²) in [6.45, 7) is 4.71. The van der Waals surface area contributed by atoms with Crippen LogP contribution in [0.15, 0.2) is 36.1 Å². The quantitative estimate of drug-likeness (QED) is 0.382. The van der Waals surface area contributed by atoms with Crippen LogP contribution in [0, 0.1) is 20.2 Å². The van der Waals surface area contributed by atoms with Gasteiger partial charge in [-0.1, -0.05) is 24.3 Å². The van der Waals surface area contributed by atoms with Crippen LogP contribution >= 0.6 is 0 Å². The molecule has 0 aliphatic rings. The second-order valence-electron chi connectivity index (χ2n) is 2.82. The van der Waals surface area contributed by atoms with Gasteiger partial charge >= 0.3 is 0 Å². The zero-order valence-corrected chi connectivity index (χ0v) is 8.38. The van der Waals surface area contributed by atoms with E-state index in [0.717, 1.165) is 11.6 Å². The molecule has 0 bridgehead atoms. The molecule has 6 heteroatoms. The molecular formula is C9H12N2O4. The zero-order chi connectivity index (χ0) is 11.8. The number of hydrogen-bond acceptors (Lipinski definition) is 4. The Labute approximate surface area is 86.9 Å². The molecule has 0 aliphatic heterocycles. The molecule has 15 heavy (non-hydrogen) atoms. The maximum Gasteiger partial charge on any atom is 0.252 e. The highest BCUT2D eigenvalue weighted by molar-refractivity contribution is 5.15. The highest BCUT2D eigenvalue weighted by Crippen LogP contribution is 2.06. The van der Waals surface area contributed by atoms with E-state index in [2.05, 4.69) is 6.58 Å². The summed E-state index contributed by atoms with van der Waals surface area (Å²) >= 11 is 0. The molecule has 0 atom stereocenters. The summed E-state index contributed by atoms with van der Waals surface area (Å²) in [5.41, 5.74) is 0.622. The van der Waals surface area contributed by atoms with Crippen LogP contribution in [0.2, 0.25) is 0 Å². The molecule has 0 unspecified atom stereocenters. The lowest BCUT2D eigenvalue weighted by atomic mass is 10.2. The Morgan fingerprint density at radius 2 is 1.93 bits per heavy atom. The van der Waals surface area contributed by atoms with Crippen LogP contribution < -0.4 is 0 Å². The number of allylic oxidation sites excluding steroid dienone is 3. The largest absolute Gasteiger partial charge is 0.264 e. The maximum absolute atomic E-state index is 10.5. The van der Waals surface area contributed by atoms with Gasteiger partial charge in [-0.15, -0.1) is 0 Å². The van der Waals surface area contributed by atoms with Crippen LogP contribution in [-0.2, 0) is 0 Å². The second kappa shape index (κ2) is 6.47. The topological polar surface area (TPSA) is 86.3 Å². The van der Waals surface area contributed by atoms with Crippen LogP contribution in [0.3, 0.4) is 0 Å². The van der Waals surface area contributed by atoms with Gasteiger partial charge in [0.1, 0.15) is 0 Å². The monoisotopic (exact) mass is 212 g/mol. The molecule has 0 saturated heterocycles. The van der Waals surface area contributed by atoms with Crippen LogP contribution in [-0.4, -0.2) is 16.4 Å². The smallest absolute Gasteiger partial charge is 0.252 e. The highest BCUT2D eigenvalue weighted by Gasteiger charge is 2.10. The Hall–Kier alpha value is -1.98. The van der Waals surface area contributed by atoms with Crippen molar-refractivity contribution in [1.82, 2.24) is 0 Å². The van der Waals surface area contributed by atoms with E-state index in [1.165, 1.54) is 0 Å². The molecule has 0 spiro atoms. The fraction of sp³-hybridized carbons (Fsp3) is 0.333. The van der Waals surface area contributed by atoms with Crippen LogP contribution in [0.4, 0.5) is 0 Å². The van der Waals surface area contributed by atoms with E-state index in [1.54, 1.807) is 19.1 Å². The van der Waals surface area contributed by atoms with E-state index in [1.807, 2.05) is 0 Å². The lowest BCUT2D eigenvalue weighted by Crippen LogP contribution is -2.03. The van der Waals surface area contributed by atoms with Gasteiger partial charge in [-0.2, -0.15) is 0 Å². The molecule has 6 nitrogen and oxygen atoms in total. The molecule has 0 amide bonds. The third-order valence-electron chi connectivity index (χ3n) is 1.67. The minimum Gasteiger partial charge on any atom is -0.264 e. The first-order chi connectivity index (χ1) is 6.97. The van der Waals surface area contributed by atoms with Crippen molar-refractivity contribution in [2.24, 2.45) is 0 Å². The molecule has 0 rings (SSSR count). The third-order valence-corrected chi connectivity index (χ3v) is 1.67. The normalized spacial score (nSPS) is 12.3. The molecule has 0 saturated carbocycles. The van der Waals surface area contributed by atoms with E-state index >= 15 is 0 Å². The SMILES string of the molecule is C=C/C(C)=C\C/C(=C\C[N+](=O)[O-])[N+](=O)[O-]. The summed E-state index contributed by atoms with van der Waals surface area (Å²) in [6.07, 6.45) is 4.23. The van der Waals surface area contributed by atoms with Crippen molar-refractivity contribution < 1.29 is 9.85 Å². The molecule has 0 fully saturated rings. The van der Waals surface area contributed by atoms with Gasteiger partial charge in [0.05, 0.1) is 17.4 Å². The summed E-state index contributed by atoms with van der Waals surface area (Å²) in [6, 6.07) is 0. The van der Waals surface area contributed by atoms with Crippen molar-refractivity contribution in [2.45, 2.75) is 13.3 Å². The maximum atomic E-state index is 10.5. The minimum atomic E-state index is -0.617. The fourth-order valence-corrected chi connectivity index (χ4v) is 0.761. The van der Waals surface area contributed by atoms with Gasteiger partial charge in [0.25, 0.3) is 5.70 Å². The van der Waals surface area contributed by atoms with E-state index in [4.69, 9.17) is 0 Å². The molecule has 0 aromatic heterocycles. The van der Waals surface area contributed by atoms with Crippen molar-refractivity contribution in [3.8, 4) is 0 Å². The summed E-state index contributed by atoms with van der Waals surface area (Å²) in [7, 11) is 0. The Kier molecular flexibility index (Phi) is 5.62. The molecular weight excluding hydrogens is 200 g/mol. The van der Waals surface area contributed by atoms with Gasteiger partial charge in [0, 0.05) is 4.92 Å². The first kappa shape index (κ1) is 13.0. The summed E-state index contributed by atoms with van der Waals surface area (Å²) < 4.78 is 0. The standard InChI is InChI=1S/C9H12N2O4/c1-3-8(2)4-5-9(11(14)15)6-7-10(12)13/h3-4,6H,1,5,7H2,2H3/b8-4-,9-6+. The average Bonchev–Trinajstić information content (AvgIpc) is 2.16. The van der Waals surface area contributed by atoms with Crippen LogP contribution in [0.1, 0.15) is 13.3 Å². The lowest BCUT2D eigenvalue weighted by Gasteiger charge is -1.94. The molecule has 0 heterocycles. The molecule has 82 valence electrons. The molecule has 0 radical (unpaired) electrons. The van der Waals surface area contributed by atoms with Gasteiger partial charge in [0.2, 0.25) is 6.54 Å². The fourth-order valence-electron chi connectivity index (χ4n) is 0.761. The number of hydrogen-bond donors (Lipinski definition) is 0. The van der Waals surface area contributed by atoms with Gasteiger partial charge in [-0.25, -0.2) is 0 Å². The van der Waals surface area contributed by atoms with Crippen molar-refractivity contribution in [3.05, 3.63) is 56.3 Å². The van der Waals surface area contributed by atoms with Gasteiger partial charge in [-0.05, 0) is 6.92 Å². The first-order valence-electron chi connectivity index (χ1n) is 4.21. The Morgan fingerprint density at radius 1 is 1.33 bits per heavy atom. The van der Waals surface area contributed by atoms with E-state index in [-0.39, 0.29) is 12.1 Å². The number of nitrogens with zero attached hydrogens (tertiary/aromatic N) is 2. The van der Waals surface area contributed by atoms with Crippen molar-refractivity contribution >= 4 is 0 Å². The summed E-state index contributed by atoms with van der Waals surface area (Å²) in [4.78, 5) is 19.3. The third kappa shape index (κ3) is 6.14. The van der Waals surface area contributed by atoms with Crippen molar-refractivity contribution in [3.63, 3.8) is 0 Å². The minimum absolute atomic E-state index is 0.0681. The number of rotatable bonds is 6. The van der Waals surface area contributed by atoms with Crippen molar-refractivity contribution in [2.75, 3.05) is 6.54 Å². The van der Waals surface area contributed by atoms with Gasteiger partial charge in [0.15, 0.2) is 0 Å². The van der Waals surface area contributed by atoms with Crippen molar-refractivity contribution in [1.29, 1.82) is 0 Å². The average molecular weight is 212 g/mol. The molecule has 0 aliphatic carbocycles. The van der Waals surface area contributed by atoms with E-state index in [9.17, 15) is 20.2 Å². The summed E-state index contributed by atoms with van der Waals surface area (Å²) in [5.74, 6) is 0. The predicted molar refractivity (Wildman–Crippen MR) is 55.5 cm³/mol. The number of nitro groups is 2. The Morgan fingerprint density at radius 3 is 2.33 bits per heavy atom. The molecule has 0 N–H and O–H groups in total. The van der Waals surface area contributed by atoms with E-state index < -0.39 is 16.4 Å². The first-order valence-corrected chi connectivity index (χ1v) is 4.21. The molecule has 0 aromatic carbocycles. The summed E-state index contributed by atoms with van der Waals surface area (Å²) in [5, 5.41) is 20.5. The lowest BCUT2D eigenvalue weighted by molar-refractivity contribution is -0.472. The van der Waals surface area contributed by atoms with Gasteiger partial charge in [-0.3, -0.25) is 20.2 Å². The highest BCUT2D eigenvalue weighted by atomic mass is 16.6. The Balaban J connectivity index is 4.55. The predicted octanol–water partition coefficient (Wildman–Crippen LogP) is 1.95. The van der Waals surface area contributed by atoms with E-state index in [0.29, 0.717) is 0 Å². The molecule has 0 aromatic rings. The zero-order valence-electron chi connectivity index (χ0n) is 8.38. The van der Waals surface area contributed by atoms with Gasteiger partial charge < -0.3 is 0 Å². The van der Waals surface area contributed by atoms with Crippen LogP contribution in [0.25, 0.3) is 0 Å². The Bertz CT molecular complexity index is 331.